The summed E-state index contributed by atoms with van der Waals surface area (Å²) in [6.07, 6.45) is 1.76. The van der Waals surface area contributed by atoms with Crippen LogP contribution in [0.2, 0.25) is 0 Å². The summed E-state index contributed by atoms with van der Waals surface area (Å²) in [5.74, 6) is -0.514. The van der Waals surface area contributed by atoms with Crippen LogP contribution in [0.1, 0.15) is 16.5 Å². The van der Waals surface area contributed by atoms with E-state index < -0.39 is 22.2 Å². The molecule has 0 radical (unpaired) electrons. The zero-order valence-electron chi connectivity index (χ0n) is 12.5. The molecule has 0 aliphatic carbocycles. The number of nitrogens with one attached hydrogen (secondary N) is 1. The van der Waals surface area contributed by atoms with Crippen LogP contribution in [0.25, 0.3) is 10.7 Å². The molecular formula is C14H11N4O5S2-. The third kappa shape index (κ3) is 4.14. The highest BCUT2D eigenvalue weighted by atomic mass is 32.2. The van der Waals surface area contributed by atoms with Gasteiger partial charge in [0, 0.05) is 18.3 Å². The van der Waals surface area contributed by atoms with Gasteiger partial charge in [0.15, 0.2) is 5.01 Å². The van der Waals surface area contributed by atoms with Gasteiger partial charge in [-0.3, -0.25) is 14.3 Å². The molecule has 0 bridgehead atoms. The van der Waals surface area contributed by atoms with Crippen molar-refractivity contribution >= 4 is 28.4 Å². The number of aromatic amines is 1. The molecule has 11 heteroatoms. The lowest BCUT2D eigenvalue weighted by molar-refractivity contribution is -0.384. The Morgan fingerprint density at radius 3 is 2.64 bits per heavy atom. The molecule has 2 aromatic heterocycles. The summed E-state index contributed by atoms with van der Waals surface area (Å²) in [5, 5.41) is 20.2. The Hall–Kier alpha value is -2.47. The van der Waals surface area contributed by atoms with E-state index in [-0.39, 0.29) is 12.3 Å². The minimum atomic E-state index is -2.68. The highest BCUT2D eigenvalue weighted by Gasteiger charge is 2.21. The number of nitro benzene ring substituents is 1. The summed E-state index contributed by atoms with van der Waals surface area (Å²) in [4.78, 5) is 13.3. The Kier molecular flexibility index (Phi) is 5.28. The summed E-state index contributed by atoms with van der Waals surface area (Å²) in [6.45, 7) is -0.173. The highest BCUT2D eigenvalue weighted by molar-refractivity contribution is 7.74. The smallest absolute Gasteiger partial charge is 0.269 e. The molecule has 0 saturated carbocycles. The van der Waals surface area contributed by atoms with Crippen LogP contribution in [0.15, 0.2) is 42.6 Å². The van der Waals surface area contributed by atoms with Crippen molar-refractivity contribution < 1.29 is 17.9 Å². The van der Waals surface area contributed by atoms with Gasteiger partial charge >= 0.3 is 0 Å². The van der Waals surface area contributed by atoms with Crippen molar-refractivity contribution in [2.24, 2.45) is 0 Å². The van der Waals surface area contributed by atoms with Gasteiger partial charge < -0.3 is 9.54 Å². The van der Waals surface area contributed by atoms with E-state index in [2.05, 4.69) is 15.2 Å². The number of nitro groups is 1. The first kappa shape index (κ1) is 17.4. The quantitative estimate of drug-likeness (QED) is 0.378. The molecule has 1 N–H and O–H groups in total. The zero-order chi connectivity index (χ0) is 17.8. The molecular weight excluding hydrogens is 368 g/mol. The van der Waals surface area contributed by atoms with Gasteiger partial charge in [-0.2, -0.15) is 0 Å². The molecule has 3 aromatic rings. The average molecular weight is 379 g/mol. The molecule has 25 heavy (non-hydrogen) atoms. The maximum absolute atomic E-state index is 10.8. The lowest BCUT2D eigenvalue weighted by atomic mass is 10.0. The molecule has 2 heterocycles. The molecule has 9 nitrogen and oxygen atoms in total. The van der Waals surface area contributed by atoms with E-state index in [0.717, 1.165) is 5.69 Å². The van der Waals surface area contributed by atoms with Crippen molar-refractivity contribution in [1.82, 2.24) is 15.2 Å². The van der Waals surface area contributed by atoms with Gasteiger partial charge in [-0.05, 0) is 17.7 Å². The van der Waals surface area contributed by atoms with Crippen LogP contribution in [0, 0.1) is 10.1 Å². The summed E-state index contributed by atoms with van der Waals surface area (Å²) in [6, 6.07) is 9.47. The number of benzene rings is 1. The maximum atomic E-state index is 10.8. The number of rotatable bonds is 7. The highest BCUT2D eigenvalue weighted by Crippen LogP contribution is 2.32. The molecule has 0 aliphatic rings. The van der Waals surface area contributed by atoms with Crippen LogP contribution in [0.3, 0.4) is 0 Å². The van der Waals surface area contributed by atoms with Gasteiger partial charge in [0.1, 0.15) is 5.01 Å². The summed E-state index contributed by atoms with van der Waals surface area (Å²) in [7, 11) is 0. The first-order valence-corrected chi connectivity index (χ1v) is 8.80. The SMILES string of the molecule is O=[N+]([O-])c1ccc([C@H](COS(=O)[O-])c2nnc(-c3ccc[nH]3)s2)cc1. The third-order valence-corrected chi connectivity index (χ3v) is 4.80. The molecule has 1 unspecified atom stereocenters. The lowest BCUT2D eigenvalue weighted by Crippen LogP contribution is -2.11. The van der Waals surface area contributed by atoms with Crippen LogP contribution in [0.4, 0.5) is 5.69 Å². The van der Waals surface area contributed by atoms with Gasteiger partial charge in [0.25, 0.3) is 5.69 Å². The normalized spacial score (nSPS) is 13.5. The molecule has 0 aliphatic heterocycles. The molecule has 0 saturated heterocycles. The number of non-ortho nitro benzene ring substituents is 1. The summed E-state index contributed by atoms with van der Waals surface area (Å²) in [5.41, 5.74) is 1.38. The van der Waals surface area contributed by atoms with E-state index in [1.165, 1.54) is 23.5 Å². The topological polar surface area (TPSA) is 134 Å². The average Bonchev–Trinajstić information content (AvgIpc) is 3.26. The fourth-order valence-corrected chi connectivity index (χ4v) is 3.40. The number of hydrogen-bond donors (Lipinski definition) is 1. The largest absolute Gasteiger partial charge is 0.750 e. The third-order valence-electron chi connectivity index (χ3n) is 3.40. The van der Waals surface area contributed by atoms with Crippen LogP contribution < -0.4 is 0 Å². The van der Waals surface area contributed by atoms with E-state index in [9.17, 15) is 18.9 Å². The molecule has 0 spiro atoms. The maximum Gasteiger partial charge on any atom is 0.269 e. The first-order chi connectivity index (χ1) is 12.0. The Morgan fingerprint density at radius 1 is 1.28 bits per heavy atom. The minimum absolute atomic E-state index is 0.0554. The predicted octanol–water partition coefficient (Wildman–Crippen LogP) is 2.38. The molecule has 2 atom stereocenters. The summed E-state index contributed by atoms with van der Waals surface area (Å²) >= 11 is -1.39. The fraction of sp³-hybridized carbons (Fsp3) is 0.143. The van der Waals surface area contributed by atoms with Gasteiger partial charge in [-0.15, -0.1) is 10.2 Å². The van der Waals surface area contributed by atoms with Crippen molar-refractivity contribution in [2.75, 3.05) is 6.61 Å². The second kappa shape index (κ2) is 7.61. The first-order valence-electron chi connectivity index (χ1n) is 6.98. The number of hydrogen-bond acceptors (Lipinski definition) is 8. The fourth-order valence-electron chi connectivity index (χ4n) is 2.21. The Bertz CT molecular complexity index is 879. The van der Waals surface area contributed by atoms with Crippen LogP contribution >= 0.6 is 11.3 Å². The summed E-state index contributed by atoms with van der Waals surface area (Å²) < 4.78 is 26.2. The van der Waals surface area contributed by atoms with E-state index in [1.807, 2.05) is 12.1 Å². The van der Waals surface area contributed by atoms with E-state index >= 15 is 0 Å². The molecule has 1 aromatic carbocycles. The molecule has 130 valence electrons. The number of aromatic nitrogens is 3. The second-order valence-electron chi connectivity index (χ2n) is 4.92. The Morgan fingerprint density at radius 2 is 2.04 bits per heavy atom. The van der Waals surface area contributed by atoms with Crippen LogP contribution in [-0.2, 0) is 15.5 Å². The van der Waals surface area contributed by atoms with Crippen LogP contribution in [0.5, 0.6) is 0 Å². The van der Waals surface area contributed by atoms with Gasteiger partial charge in [0.05, 0.1) is 34.5 Å². The molecule has 0 amide bonds. The minimum Gasteiger partial charge on any atom is -0.750 e. The monoisotopic (exact) mass is 379 g/mol. The second-order valence-corrected chi connectivity index (χ2v) is 6.57. The number of nitrogens with zero attached hydrogens (tertiary/aromatic N) is 3. The van der Waals surface area contributed by atoms with Crippen molar-refractivity contribution in [2.45, 2.75) is 5.92 Å². The Labute approximate surface area is 148 Å². The predicted molar refractivity (Wildman–Crippen MR) is 89.5 cm³/mol. The van der Waals surface area contributed by atoms with Crippen molar-refractivity contribution in [3.8, 4) is 10.7 Å². The Balaban J connectivity index is 1.91. The lowest BCUT2D eigenvalue weighted by Gasteiger charge is -2.15. The number of H-pyrrole nitrogens is 1. The van der Waals surface area contributed by atoms with Gasteiger partial charge in [0.2, 0.25) is 0 Å². The standard InChI is InChI=1S/C14H12N4O5S2/c19-18(20)10-5-3-9(4-6-10)11(8-23-25(21)22)13-16-17-14(24-13)12-2-1-7-15-12/h1-7,11,15H,8H2,(H,21,22)/p-1/t11-/m0/s1. The van der Waals surface area contributed by atoms with Crippen molar-refractivity contribution in [1.29, 1.82) is 0 Å². The van der Waals surface area contributed by atoms with Crippen molar-refractivity contribution in [3.63, 3.8) is 0 Å². The zero-order valence-corrected chi connectivity index (χ0v) is 14.2. The molecule has 0 fully saturated rings. The van der Waals surface area contributed by atoms with Gasteiger partial charge in [-0.25, -0.2) is 4.21 Å². The molecule has 3 rings (SSSR count). The van der Waals surface area contributed by atoms with E-state index in [1.54, 1.807) is 18.3 Å². The van der Waals surface area contributed by atoms with Crippen molar-refractivity contribution in [3.05, 3.63) is 63.3 Å². The van der Waals surface area contributed by atoms with E-state index in [4.69, 9.17) is 4.18 Å². The van der Waals surface area contributed by atoms with Gasteiger partial charge in [-0.1, -0.05) is 23.5 Å². The van der Waals surface area contributed by atoms with Crippen LogP contribution in [-0.4, -0.2) is 35.5 Å². The van der Waals surface area contributed by atoms with E-state index in [0.29, 0.717) is 15.6 Å².